The molecule has 0 atom stereocenters. The number of rotatable bonds is 4. The summed E-state index contributed by atoms with van der Waals surface area (Å²) in [6.07, 6.45) is 0. The van der Waals surface area contributed by atoms with Gasteiger partial charge in [-0.05, 0) is 30.7 Å². The fraction of sp³-hybridized carbons (Fsp3) is 0.235. The van der Waals surface area contributed by atoms with Gasteiger partial charge in [0.1, 0.15) is 5.82 Å². The number of fused-ring (bicyclic) bond motifs is 1. The maximum absolute atomic E-state index is 6.11. The second kappa shape index (κ2) is 5.88. The summed E-state index contributed by atoms with van der Waals surface area (Å²) in [5.41, 5.74) is 5.42. The Bertz CT molecular complexity index is 780. The summed E-state index contributed by atoms with van der Waals surface area (Å²) < 4.78 is 7.43. The first-order chi connectivity index (χ1) is 10.2. The molecule has 3 rings (SSSR count). The molecule has 1 heterocycles. The van der Waals surface area contributed by atoms with Crippen LogP contribution in [0, 0.1) is 6.92 Å². The molecular formula is C17H17ClN2O. The van der Waals surface area contributed by atoms with Crippen molar-refractivity contribution < 1.29 is 4.74 Å². The predicted molar refractivity (Wildman–Crippen MR) is 86.1 cm³/mol. The normalized spacial score (nSPS) is 11.2. The van der Waals surface area contributed by atoms with E-state index >= 15 is 0 Å². The van der Waals surface area contributed by atoms with E-state index < -0.39 is 0 Å². The van der Waals surface area contributed by atoms with Crippen molar-refractivity contribution in [1.29, 1.82) is 0 Å². The molecule has 1 aromatic heterocycles. The van der Waals surface area contributed by atoms with Crippen LogP contribution in [0.15, 0.2) is 42.5 Å². The van der Waals surface area contributed by atoms with Crippen LogP contribution >= 0.6 is 11.6 Å². The van der Waals surface area contributed by atoms with Gasteiger partial charge in [-0.15, -0.1) is 11.6 Å². The van der Waals surface area contributed by atoms with Crippen LogP contribution in [-0.2, 0) is 17.2 Å². The molecule has 0 unspecified atom stereocenters. The Kier molecular flexibility index (Phi) is 3.95. The first-order valence-corrected chi connectivity index (χ1v) is 7.39. The smallest absolute Gasteiger partial charge is 0.129 e. The largest absolute Gasteiger partial charge is 0.380 e. The van der Waals surface area contributed by atoms with E-state index in [0.29, 0.717) is 12.5 Å². The van der Waals surface area contributed by atoms with Crippen molar-refractivity contribution in [2.75, 3.05) is 7.11 Å². The lowest BCUT2D eigenvalue weighted by molar-refractivity contribution is 0.185. The van der Waals surface area contributed by atoms with Gasteiger partial charge in [0, 0.05) is 12.7 Å². The number of hydrogen-bond acceptors (Lipinski definition) is 2. The van der Waals surface area contributed by atoms with Gasteiger partial charge in [-0.2, -0.15) is 0 Å². The lowest BCUT2D eigenvalue weighted by atomic mass is 10.1. The van der Waals surface area contributed by atoms with E-state index in [4.69, 9.17) is 16.3 Å². The van der Waals surface area contributed by atoms with E-state index in [9.17, 15) is 0 Å². The van der Waals surface area contributed by atoms with E-state index in [1.54, 1.807) is 7.11 Å². The Labute approximate surface area is 129 Å². The third kappa shape index (κ3) is 2.55. The average Bonchev–Trinajstić information content (AvgIpc) is 2.85. The van der Waals surface area contributed by atoms with E-state index in [0.717, 1.165) is 28.1 Å². The minimum atomic E-state index is 0.370. The fourth-order valence-electron chi connectivity index (χ4n) is 2.61. The van der Waals surface area contributed by atoms with E-state index in [1.807, 2.05) is 12.1 Å². The summed E-state index contributed by atoms with van der Waals surface area (Å²) in [6.45, 7) is 2.63. The number of alkyl halides is 1. The number of imidazole rings is 1. The second-order valence-electron chi connectivity index (χ2n) is 5.05. The summed E-state index contributed by atoms with van der Waals surface area (Å²) in [7, 11) is 1.70. The molecule has 108 valence electrons. The Morgan fingerprint density at radius 1 is 1.19 bits per heavy atom. The van der Waals surface area contributed by atoms with Crippen LogP contribution in [0.3, 0.4) is 0 Å². The van der Waals surface area contributed by atoms with Crippen molar-refractivity contribution in [2.45, 2.75) is 19.4 Å². The molecule has 0 amide bonds. The molecule has 0 bridgehead atoms. The zero-order valence-corrected chi connectivity index (χ0v) is 12.9. The Balaban J connectivity index is 2.29. The molecule has 0 N–H and O–H groups in total. The summed E-state index contributed by atoms with van der Waals surface area (Å²) in [5.74, 6) is 1.22. The number of nitrogens with zero attached hydrogens (tertiary/aromatic N) is 2. The number of aromatic nitrogens is 2. The van der Waals surface area contributed by atoms with Crippen molar-refractivity contribution in [1.82, 2.24) is 9.55 Å². The highest BCUT2D eigenvalue weighted by molar-refractivity contribution is 6.17. The van der Waals surface area contributed by atoms with Crippen LogP contribution in [-0.4, -0.2) is 16.7 Å². The monoisotopic (exact) mass is 300 g/mol. The summed E-state index contributed by atoms with van der Waals surface area (Å²) in [6, 6.07) is 14.5. The summed E-state index contributed by atoms with van der Waals surface area (Å²) in [4.78, 5) is 4.66. The van der Waals surface area contributed by atoms with Gasteiger partial charge in [-0.1, -0.05) is 24.3 Å². The highest BCUT2D eigenvalue weighted by atomic mass is 35.5. The number of para-hydroxylation sites is 1. The van der Waals surface area contributed by atoms with Crippen molar-refractivity contribution in [3.8, 4) is 5.69 Å². The summed E-state index contributed by atoms with van der Waals surface area (Å²) >= 11 is 6.11. The third-order valence-electron chi connectivity index (χ3n) is 3.53. The predicted octanol–water partition coefficient (Wildman–Crippen LogP) is 4.22. The Hall–Kier alpha value is -1.84. The van der Waals surface area contributed by atoms with Crippen LogP contribution in [0.25, 0.3) is 16.7 Å². The first-order valence-electron chi connectivity index (χ1n) is 6.85. The van der Waals surface area contributed by atoms with Gasteiger partial charge in [0.15, 0.2) is 0 Å². The second-order valence-corrected chi connectivity index (χ2v) is 5.32. The number of hydrogen-bond donors (Lipinski definition) is 0. The number of aryl methyl sites for hydroxylation is 1. The zero-order valence-electron chi connectivity index (χ0n) is 12.1. The van der Waals surface area contributed by atoms with Crippen LogP contribution in [0.4, 0.5) is 0 Å². The minimum Gasteiger partial charge on any atom is -0.380 e. The average molecular weight is 301 g/mol. The van der Waals surface area contributed by atoms with E-state index in [-0.39, 0.29) is 0 Å². The van der Waals surface area contributed by atoms with Crippen LogP contribution in [0.2, 0.25) is 0 Å². The number of halogens is 1. The number of ether oxygens (including phenoxy) is 1. The van der Waals surface area contributed by atoms with Gasteiger partial charge in [0.05, 0.1) is 29.2 Å². The highest BCUT2D eigenvalue weighted by Crippen LogP contribution is 2.26. The molecule has 0 saturated heterocycles. The molecule has 3 nitrogen and oxygen atoms in total. The Morgan fingerprint density at radius 2 is 2.00 bits per heavy atom. The molecular weight excluding hydrogens is 284 g/mol. The SMILES string of the molecule is COCc1ccccc1-n1c(CCl)nc2cc(C)ccc21. The number of methoxy groups -OCH3 is 1. The van der Waals surface area contributed by atoms with Gasteiger partial charge in [0.25, 0.3) is 0 Å². The molecule has 0 aliphatic carbocycles. The Morgan fingerprint density at radius 3 is 2.76 bits per heavy atom. The minimum absolute atomic E-state index is 0.370. The molecule has 0 aliphatic heterocycles. The van der Waals surface area contributed by atoms with Gasteiger partial charge < -0.3 is 4.74 Å². The third-order valence-corrected chi connectivity index (χ3v) is 3.77. The van der Waals surface area contributed by atoms with Gasteiger partial charge in [-0.3, -0.25) is 4.57 Å². The van der Waals surface area contributed by atoms with Crippen LogP contribution in [0.1, 0.15) is 17.0 Å². The summed E-state index contributed by atoms with van der Waals surface area (Å²) in [5, 5.41) is 0. The standard InChI is InChI=1S/C17H17ClN2O/c1-12-7-8-16-14(9-12)19-17(10-18)20(16)15-6-4-3-5-13(15)11-21-2/h3-9H,10-11H2,1-2H3. The molecule has 21 heavy (non-hydrogen) atoms. The molecule has 0 radical (unpaired) electrons. The maximum atomic E-state index is 6.11. The zero-order chi connectivity index (χ0) is 14.8. The number of benzene rings is 2. The van der Waals surface area contributed by atoms with Crippen molar-refractivity contribution in [3.63, 3.8) is 0 Å². The topological polar surface area (TPSA) is 27.1 Å². The van der Waals surface area contributed by atoms with Gasteiger partial charge >= 0.3 is 0 Å². The van der Waals surface area contributed by atoms with Crippen molar-refractivity contribution >= 4 is 22.6 Å². The molecule has 0 saturated carbocycles. The molecule has 4 heteroatoms. The molecule has 2 aromatic carbocycles. The highest BCUT2D eigenvalue weighted by Gasteiger charge is 2.14. The van der Waals surface area contributed by atoms with Crippen molar-refractivity contribution in [3.05, 3.63) is 59.4 Å². The van der Waals surface area contributed by atoms with Gasteiger partial charge in [-0.25, -0.2) is 4.98 Å². The van der Waals surface area contributed by atoms with E-state index in [1.165, 1.54) is 5.56 Å². The lowest BCUT2D eigenvalue weighted by Crippen LogP contribution is -2.04. The molecule has 0 aliphatic rings. The fourth-order valence-corrected chi connectivity index (χ4v) is 2.78. The lowest BCUT2D eigenvalue weighted by Gasteiger charge is -2.13. The quantitative estimate of drug-likeness (QED) is 0.675. The molecule has 3 aromatic rings. The first kappa shape index (κ1) is 14.1. The van der Waals surface area contributed by atoms with Crippen molar-refractivity contribution in [2.24, 2.45) is 0 Å². The van der Waals surface area contributed by atoms with Gasteiger partial charge in [0.2, 0.25) is 0 Å². The molecule has 0 fully saturated rings. The van der Waals surface area contributed by atoms with Crippen LogP contribution < -0.4 is 0 Å². The molecule has 0 spiro atoms. The maximum Gasteiger partial charge on any atom is 0.129 e. The van der Waals surface area contributed by atoms with E-state index in [2.05, 4.69) is 46.8 Å². The van der Waals surface area contributed by atoms with Crippen LogP contribution in [0.5, 0.6) is 0 Å².